The minimum atomic E-state index is 0.481. The first kappa shape index (κ1) is 11.4. The lowest BCUT2D eigenvalue weighted by Crippen LogP contribution is -2.10. The van der Waals surface area contributed by atoms with E-state index in [9.17, 15) is 0 Å². The summed E-state index contributed by atoms with van der Waals surface area (Å²) in [5, 5.41) is 13.2. The number of nitrogens with one attached hydrogen (secondary N) is 1. The highest BCUT2D eigenvalue weighted by Crippen LogP contribution is 2.27. The zero-order chi connectivity index (χ0) is 10.4. The van der Waals surface area contributed by atoms with Crippen LogP contribution < -0.4 is 16.9 Å². The van der Waals surface area contributed by atoms with Crippen LogP contribution >= 0.6 is 32.9 Å². The first-order valence-electron chi connectivity index (χ1n) is 3.59. The van der Waals surface area contributed by atoms with E-state index in [0.29, 0.717) is 10.3 Å². The fourth-order valence-corrected chi connectivity index (χ4v) is 3.09. The molecule has 1 aromatic heterocycles. The number of rotatable bonds is 4. The highest BCUT2D eigenvalue weighted by atomic mass is 33.1. The number of anilines is 1. The van der Waals surface area contributed by atoms with E-state index in [-0.39, 0.29) is 0 Å². The molecule has 78 valence electrons. The van der Waals surface area contributed by atoms with Gasteiger partial charge in [0.05, 0.1) is 5.75 Å². The van der Waals surface area contributed by atoms with E-state index in [2.05, 4.69) is 20.7 Å². The van der Waals surface area contributed by atoms with E-state index in [4.69, 9.17) is 11.5 Å². The molecule has 0 saturated heterocycles. The largest absolute Gasteiger partial charge is 0.376 e. The summed E-state index contributed by atoms with van der Waals surface area (Å²) >= 11 is 1.38. The van der Waals surface area contributed by atoms with Gasteiger partial charge in [0.15, 0.2) is 5.17 Å². The molecule has 0 aliphatic carbocycles. The monoisotopic (exact) mass is 250 g/mol. The van der Waals surface area contributed by atoms with Crippen molar-refractivity contribution in [3.05, 3.63) is 5.01 Å². The maximum absolute atomic E-state index is 5.53. The molecule has 1 aromatic rings. The van der Waals surface area contributed by atoms with Crippen LogP contribution in [0.3, 0.4) is 0 Å². The quantitative estimate of drug-likeness (QED) is 0.308. The van der Waals surface area contributed by atoms with Crippen molar-refractivity contribution in [1.29, 1.82) is 0 Å². The highest BCUT2D eigenvalue weighted by molar-refractivity contribution is 8.82. The molecule has 0 spiro atoms. The van der Waals surface area contributed by atoms with Crippen LogP contribution in [0.5, 0.6) is 0 Å². The number of hydrazone groups is 1. The maximum atomic E-state index is 5.53. The van der Waals surface area contributed by atoms with E-state index >= 15 is 0 Å². The lowest BCUT2D eigenvalue weighted by Gasteiger charge is -1.96. The number of nitrogens with zero attached hydrogens (tertiary/aromatic N) is 3. The van der Waals surface area contributed by atoms with Crippen LogP contribution in [0, 0.1) is 0 Å². The van der Waals surface area contributed by atoms with Crippen molar-refractivity contribution in [2.75, 3.05) is 12.8 Å². The summed E-state index contributed by atoms with van der Waals surface area (Å²) in [5.41, 5.74) is 13.6. The summed E-state index contributed by atoms with van der Waals surface area (Å²) in [6, 6.07) is 0. The van der Waals surface area contributed by atoms with Gasteiger partial charge in [-0.1, -0.05) is 22.1 Å². The SMILES string of the molecule is CN/N=C(/N)SSCc1nnc(N)s1. The highest BCUT2D eigenvalue weighted by Gasteiger charge is 2.02. The summed E-state index contributed by atoms with van der Waals surface area (Å²) in [4.78, 5) is 0. The van der Waals surface area contributed by atoms with Crippen LogP contribution in [0.1, 0.15) is 5.01 Å². The normalized spacial score (nSPS) is 11.6. The fraction of sp³-hybridized carbons (Fsp3) is 0.400. The van der Waals surface area contributed by atoms with Crippen LogP contribution in [-0.4, -0.2) is 22.4 Å². The van der Waals surface area contributed by atoms with E-state index in [1.54, 1.807) is 17.8 Å². The van der Waals surface area contributed by atoms with Gasteiger partial charge in [-0.05, 0) is 10.8 Å². The van der Waals surface area contributed by atoms with Crippen LogP contribution in [0.15, 0.2) is 5.10 Å². The Hall–Kier alpha value is -0.670. The van der Waals surface area contributed by atoms with Crippen molar-refractivity contribution >= 4 is 43.2 Å². The lowest BCUT2D eigenvalue weighted by atomic mass is 10.9. The lowest BCUT2D eigenvalue weighted by molar-refractivity contribution is 0.903. The summed E-state index contributed by atoms with van der Waals surface area (Å²) < 4.78 is 0. The smallest absolute Gasteiger partial charge is 0.203 e. The standard InChI is InChI=1S/C5H10N6S3/c1-8-10-5(7)14-12-2-3-9-11-4(6)13-3/h8H,2H2,1H3,(H2,6,11)(H2,7,10). The van der Waals surface area contributed by atoms with E-state index in [1.165, 1.54) is 22.1 Å². The zero-order valence-corrected chi connectivity index (χ0v) is 9.88. The Kier molecular flexibility index (Phi) is 4.84. The molecule has 6 nitrogen and oxygen atoms in total. The van der Waals surface area contributed by atoms with Gasteiger partial charge in [-0.2, -0.15) is 5.10 Å². The van der Waals surface area contributed by atoms with Gasteiger partial charge >= 0.3 is 0 Å². The van der Waals surface area contributed by atoms with Crippen molar-refractivity contribution in [3.8, 4) is 0 Å². The minimum absolute atomic E-state index is 0.481. The fourth-order valence-electron chi connectivity index (χ4n) is 0.594. The molecule has 0 amide bonds. The van der Waals surface area contributed by atoms with Crippen LogP contribution in [0.25, 0.3) is 0 Å². The Morgan fingerprint density at radius 1 is 1.64 bits per heavy atom. The van der Waals surface area contributed by atoms with Gasteiger partial charge in [-0.15, -0.1) is 10.2 Å². The number of hydrogen-bond donors (Lipinski definition) is 3. The molecule has 0 atom stereocenters. The molecular formula is C5H10N6S3. The number of aromatic nitrogens is 2. The molecule has 14 heavy (non-hydrogen) atoms. The molecule has 0 aliphatic rings. The minimum Gasteiger partial charge on any atom is -0.376 e. The molecule has 0 saturated carbocycles. The molecule has 9 heteroatoms. The summed E-state index contributed by atoms with van der Waals surface area (Å²) in [5.74, 6) is 0.722. The average molecular weight is 250 g/mol. The molecule has 1 rings (SSSR count). The topological polar surface area (TPSA) is 102 Å². The van der Waals surface area contributed by atoms with Crippen molar-refractivity contribution in [3.63, 3.8) is 0 Å². The van der Waals surface area contributed by atoms with Gasteiger partial charge in [0.25, 0.3) is 0 Å². The maximum Gasteiger partial charge on any atom is 0.203 e. The molecule has 5 N–H and O–H groups in total. The third-order valence-electron chi connectivity index (χ3n) is 1.03. The van der Waals surface area contributed by atoms with Gasteiger partial charge in [-0.25, -0.2) is 0 Å². The molecular weight excluding hydrogens is 240 g/mol. The third kappa shape index (κ3) is 4.03. The third-order valence-corrected chi connectivity index (χ3v) is 3.96. The second-order valence-electron chi connectivity index (χ2n) is 2.05. The van der Waals surface area contributed by atoms with Crippen molar-refractivity contribution in [2.24, 2.45) is 10.8 Å². The van der Waals surface area contributed by atoms with Gasteiger partial charge in [0.1, 0.15) is 5.01 Å². The van der Waals surface area contributed by atoms with E-state index in [0.717, 1.165) is 10.8 Å². The van der Waals surface area contributed by atoms with Crippen LogP contribution in [0.2, 0.25) is 0 Å². The predicted octanol–water partition coefficient (Wildman–Crippen LogP) is 0.451. The first-order valence-corrected chi connectivity index (χ1v) is 6.73. The number of nitrogens with two attached hydrogens (primary N) is 2. The van der Waals surface area contributed by atoms with Crippen LogP contribution in [0.4, 0.5) is 5.13 Å². The summed E-state index contributed by atoms with van der Waals surface area (Å²) in [6.07, 6.45) is 0. The van der Waals surface area contributed by atoms with Crippen molar-refractivity contribution in [2.45, 2.75) is 5.75 Å². The zero-order valence-electron chi connectivity index (χ0n) is 7.43. The Morgan fingerprint density at radius 3 is 3.00 bits per heavy atom. The van der Waals surface area contributed by atoms with Gasteiger partial charge in [-0.3, -0.25) is 0 Å². The van der Waals surface area contributed by atoms with Crippen molar-refractivity contribution < 1.29 is 0 Å². The Morgan fingerprint density at radius 2 is 2.43 bits per heavy atom. The molecule has 0 radical (unpaired) electrons. The Labute approximate surface area is 93.3 Å². The van der Waals surface area contributed by atoms with Gasteiger partial charge in [0, 0.05) is 7.05 Å². The second-order valence-corrected chi connectivity index (χ2v) is 5.46. The second kappa shape index (κ2) is 5.94. The van der Waals surface area contributed by atoms with E-state index < -0.39 is 0 Å². The number of amidine groups is 1. The average Bonchev–Trinajstić information content (AvgIpc) is 2.52. The summed E-state index contributed by atoms with van der Waals surface area (Å²) in [7, 11) is 4.62. The molecule has 0 fully saturated rings. The molecule has 0 aliphatic heterocycles. The first-order chi connectivity index (χ1) is 6.72. The van der Waals surface area contributed by atoms with Gasteiger partial charge in [0.2, 0.25) is 5.13 Å². The predicted molar refractivity (Wildman–Crippen MR) is 63.9 cm³/mol. The molecule has 0 bridgehead atoms. The van der Waals surface area contributed by atoms with Crippen molar-refractivity contribution in [1.82, 2.24) is 15.6 Å². The molecule has 0 unspecified atom stereocenters. The number of nitrogen functional groups attached to an aromatic ring is 1. The van der Waals surface area contributed by atoms with Crippen LogP contribution in [-0.2, 0) is 5.75 Å². The number of hydrogen-bond acceptors (Lipinski definition) is 8. The Bertz CT molecular complexity index is 310. The summed E-state index contributed by atoms with van der Waals surface area (Å²) in [6.45, 7) is 0. The van der Waals surface area contributed by atoms with E-state index in [1.807, 2.05) is 0 Å². The molecule has 0 aromatic carbocycles. The Balaban J connectivity index is 2.25. The van der Waals surface area contributed by atoms with Gasteiger partial charge < -0.3 is 16.9 Å². The molecule has 1 heterocycles.